The predicted octanol–water partition coefficient (Wildman–Crippen LogP) is 2.37. The lowest BCUT2D eigenvalue weighted by Crippen LogP contribution is -2.19. The van der Waals surface area contributed by atoms with Gasteiger partial charge in [-0.3, -0.25) is 9.52 Å². The number of hydrogen-bond donors (Lipinski definition) is 2. The van der Waals surface area contributed by atoms with Gasteiger partial charge >= 0.3 is 0 Å². The molecule has 2 N–H and O–H groups in total. The smallest absolute Gasteiger partial charge is 0.262 e. The van der Waals surface area contributed by atoms with Crippen LogP contribution in [0.3, 0.4) is 0 Å². The maximum Gasteiger partial charge on any atom is 0.262 e. The van der Waals surface area contributed by atoms with Gasteiger partial charge in [-0.25, -0.2) is 8.42 Å². The molecule has 0 saturated carbocycles. The van der Waals surface area contributed by atoms with Crippen molar-refractivity contribution in [2.24, 2.45) is 0 Å². The quantitative estimate of drug-likeness (QED) is 0.781. The molecule has 3 rings (SSSR count). The molecule has 2 aromatic carbocycles. The van der Waals surface area contributed by atoms with E-state index in [2.05, 4.69) is 10.0 Å². The number of ether oxygens (including phenoxy) is 2. The van der Waals surface area contributed by atoms with Crippen molar-refractivity contribution in [3.8, 4) is 11.5 Å². The molecule has 0 spiro atoms. The van der Waals surface area contributed by atoms with Gasteiger partial charge in [0, 0.05) is 11.8 Å². The standard InChI is InChI=1S/C17H18N2O5S2/c1-23-14-7-6-13(9-15(14)24-2)26(21,22)19-12-5-3-4-11(8-12)17-18-16(20)10-25-17/h3-9,17,19H,10H2,1-2H3,(H,18,20)/t17-/m1/s1. The van der Waals surface area contributed by atoms with Gasteiger partial charge in [-0.1, -0.05) is 12.1 Å². The molecule has 9 heteroatoms. The van der Waals surface area contributed by atoms with Crippen molar-refractivity contribution in [3.63, 3.8) is 0 Å². The lowest BCUT2D eigenvalue weighted by atomic mass is 10.2. The van der Waals surface area contributed by atoms with E-state index in [0.717, 1.165) is 5.56 Å². The van der Waals surface area contributed by atoms with Gasteiger partial charge in [-0.05, 0) is 29.8 Å². The third kappa shape index (κ3) is 3.88. The Labute approximate surface area is 156 Å². The summed E-state index contributed by atoms with van der Waals surface area (Å²) >= 11 is 1.47. The highest BCUT2D eigenvalue weighted by atomic mass is 32.2. The van der Waals surface area contributed by atoms with E-state index in [1.54, 1.807) is 18.2 Å². The van der Waals surface area contributed by atoms with E-state index in [-0.39, 0.29) is 16.2 Å². The number of amides is 1. The van der Waals surface area contributed by atoms with E-state index in [0.29, 0.717) is 22.9 Å². The maximum atomic E-state index is 12.7. The number of rotatable bonds is 6. The van der Waals surface area contributed by atoms with Gasteiger partial charge in [0.05, 0.1) is 24.9 Å². The molecule has 0 radical (unpaired) electrons. The second kappa shape index (κ2) is 7.46. The summed E-state index contributed by atoms with van der Waals surface area (Å²) < 4.78 is 38.2. The Kier molecular flexibility index (Phi) is 5.28. The number of sulfonamides is 1. The Bertz CT molecular complexity index is 931. The van der Waals surface area contributed by atoms with Crippen LogP contribution in [0.5, 0.6) is 11.5 Å². The zero-order chi connectivity index (χ0) is 18.7. The molecule has 1 aliphatic rings. The first-order valence-electron chi connectivity index (χ1n) is 7.69. The maximum absolute atomic E-state index is 12.7. The molecule has 26 heavy (non-hydrogen) atoms. The molecule has 1 aliphatic heterocycles. The lowest BCUT2D eigenvalue weighted by Gasteiger charge is -2.14. The molecule has 2 aromatic rings. The third-order valence-corrected chi connectivity index (χ3v) is 6.31. The minimum atomic E-state index is -3.80. The number of nitrogens with one attached hydrogen (secondary N) is 2. The zero-order valence-electron chi connectivity index (χ0n) is 14.2. The van der Waals surface area contributed by atoms with Crippen molar-refractivity contribution < 1.29 is 22.7 Å². The summed E-state index contributed by atoms with van der Waals surface area (Å²) in [6.45, 7) is 0. The third-order valence-electron chi connectivity index (χ3n) is 3.78. The molecule has 1 heterocycles. The van der Waals surface area contributed by atoms with Crippen molar-refractivity contribution >= 4 is 33.4 Å². The minimum absolute atomic E-state index is 0.0312. The van der Waals surface area contributed by atoms with Crippen molar-refractivity contribution in [1.82, 2.24) is 5.32 Å². The summed E-state index contributed by atoms with van der Waals surface area (Å²) in [5.74, 6) is 1.14. The van der Waals surface area contributed by atoms with E-state index < -0.39 is 10.0 Å². The number of thioether (sulfide) groups is 1. The van der Waals surface area contributed by atoms with E-state index in [1.807, 2.05) is 6.07 Å². The molecule has 0 unspecified atom stereocenters. The molecule has 1 fully saturated rings. The molecule has 1 amide bonds. The second-order valence-corrected chi connectivity index (χ2v) is 8.28. The van der Waals surface area contributed by atoms with Crippen LogP contribution in [0.2, 0.25) is 0 Å². The fourth-order valence-electron chi connectivity index (χ4n) is 2.53. The van der Waals surface area contributed by atoms with Crippen molar-refractivity contribution in [2.75, 3.05) is 24.7 Å². The van der Waals surface area contributed by atoms with E-state index in [1.165, 1.54) is 44.2 Å². The average molecular weight is 394 g/mol. The summed E-state index contributed by atoms with van der Waals surface area (Å²) in [5.41, 5.74) is 1.24. The highest BCUT2D eigenvalue weighted by Gasteiger charge is 2.23. The highest BCUT2D eigenvalue weighted by Crippen LogP contribution is 2.33. The molecule has 7 nitrogen and oxygen atoms in total. The first-order valence-corrected chi connectivity index (χ1v) is 10.2. The van der Waals surface area contributed by atoms with Crippen LogP contribution in [0.4, 0.5) is 5.69 Å². The van der Waals surface area contributed by atoms with Gasteiger partial charge in [0.2, 0.25) is 5.91 Å². The normalized spacial score (nSPS) is 16.8. The van der Waals surface area contributed by atoms with Gasteiger partial charge < -0.3 is 14.8 Å². The number of carbonyl (C=O) groups excluding carboxylic acids is 1. The summed E-state index contributed by atoms with van der Waals surface area (Å²) in [5, 5.41) is 2.66. The number of hydrogen-bond acceptors (Lipinski definition) is 6. The van der Waals surface area contributed by atoms with Gasteiger partial charge in [0.1, 0.15) is 5.37 Å². The second-order valence-electron chi connectivity index (χ2n) is 5.51. The first kappa shape index (κ1) is 18.4. The molecule has 0 bridgehead atoms. The molecule has 0 aliphatic carbocycles. The van der Waals surface area contributed by atoms with Crippen molar-refractivity contribution in [2.45, 2.75) is 10.3 Å². The number of methoxy groups -OCH3 is 2. The van der Waals surface area contributed by atoms with Crippen LogP contribution in [0, 0.1) is 0 Å². The predicted molar refractivity (Wildman–Crippen MR) is 100 cm³/mol. The Hall–Kier alpha value is -2.39. The number of anilines is 1. The van der Waals surface area contributed by atoms with Crippen LogP contribution in [0.25, 0.3) is 0 Å². The summed E-state index contributed by atoms with van der Waals surface area (Å²) in [6, 6.07) is 11.3. The van der Waals surface area contributed by atoms with Crippen molar-refractivity contribution in [3.05, 3.63) is 48.0 Å². The Morgan fingerprint density at radius 1 is 1.12 bits per heavy atom. The Morgan fingerprint density at radius 3 is 2.54 bits per heavy atom. The molecule has 0 aromatic heterocycles. The molecule has 138 valence electrons. The summed E-state index contributed by atoms with van der Waals surface area (Å²) in [7, 11) is -0.877. The Morgan fingerprint density at radius 2 is 1.88 bits per heavy atom. The minimum Gasteiger partial charge on any atom is -0.493 e. The van der Waals surface area contributed by atoms with Gasteiger partial charge in [0.25, 0.3) is 10.0 Å². The van der Waals surface area contributed by atoms with Crippen molar-refractivity contribution in [1.29, 1.82) is 0 Å². The van der Waals surface area contributed by atoms with Gasteiger partial charge in [0.15, 0.2) is 11.5 Å². The van der Waals surface area contributed by atoms with E-state index >= 15 is 0 Å². The van der Waals surface area contributed by atoms with Gasteiger partial charge in [-0.15, -0.1) is 11.8 Å². The van der Waals surface area contributed by atoms with Crippen LogP contribution in [0.1, 0.15) is 10.9 Å². The van der Waals surface area contributed by atoms with E-state index in [4.69, 9.17) is 9.47 Å². The van der Waals surface area contributed by atoms with Gasteiger partial charge in [-0.2, -0.15) is 0 Å². The largest absolute Gasteiger partial charge is 0.493 e. The van der Waals surface area contributed by atoms with Crippen LogP contribution in [-0.4, -0.2) is 34.3 Å². The zero-order valence-corrected chi connectivity index (χ0v) is 15.8. The molecule has 1 saturated heterocycles. The lowest BCUT2D eigenvalue weighted by molar-refractivity contribution is -0.118. The van der Waals surface area contributed by atoms with Crippen LogP contribution in [0.15, 0.2) is 47.4 Å². The topological polar surface area (TPSA) is 93.7 Å². The molecular weight excluding hydrogens is 376 g/mol. The van der Waals surface area contributed by atoms with Crippen LogP contribution in [-0.2, 0) is 14.8 Å². The van der Waals surface area contributed by atoms with Crippen LogP contribution >= 0.6 is 11.8 Å². The monoisotopic (exact) mass is 394 g/mol. The molecule has 1 atom stereocenters. The first-order chi connectivity index (χ1) is 12.4. The molecular formula is C17H18N2O5S2. The average Bonchev–Trinajstić information content (AvgIpc) is 3.07. The SMILES string of the molecule is COc1ccc(S(=O)(=O)Nc2cccc([C@@H]3NC(=O)CS3)c2)cc1OC. The van der Waals surface area contributed by atoms with E-state index in [9.17, 15) is 13.2 Å². The Balaban J connectivity index is 1.85. The highest BCUT2D eigenvalue weighted by molar-refractivity contribution is 8.00. The number of benzene rings is 2. The fraction of sp³-hybridized carbons (Fsp3) is 0.235. The van der Waals surface area contributed by atoms with Crippen LogP contribution < -0.4 is 19.5 Å². The number of carbonyl (C=O) groups is 1. The summed E-state index contributed by atoms with van der Waals surface area (Å²) in [6.07, 6.45) is 0. The fourth-order valence-corrected chi connectivity index (χ4v) is 4.55. The summed E-state index contributed by atoms with van der Waals surface area (Å²) in [4.78, 5) is 11.4.